The largest absolute Gasteiger partial charge is 0.351 e. The van der Waals surface area contributed by atoms with Gasteiger partial charge in [0, 0.05) is 18.1 Å². The van der Waals surface area contributed by atoms with Crippen LogP contribution in [0.4, 0.5) is 19.7 Å². The van der Waals surface area contributed by atoms with Crippen LogP contribution in [0.3, 0.4) is 0 Å². The molecule has 0 saturated carbocycles. The van der Waals surface area contributed by atoms with Gasteiger partial charge in [-0.2, -0.15) is 0 Å². The number of para-hydroxylation sites is 1. The minimum Gasteiger partial charge on any atom is -0.351 e. The number of anilines is 1. The van der Waals surface area contributed by atoms with Crippen molar-refractivity contribution in [2.24, 2.45) is 5.73 Å². The number of hydrogen-bond donors (Lipinski definition) is 2. The van der Waals surface area contributed by atoms with Gasteiger partial charge in [0.1, 0.15) is 6.17 Å². The third kappa shape index (κ3) is 2.42. The molecule has 1 aromatic carbocycles. The highest BCUT2D eigenvalue weighted by atomic mass is 19.1. The van der Waals surface area contributed by atoms with Crippen molar-refractivity contribution in [2.75, 3.05) is 18.4 Å². The van der Waals surface area contributed by atoms with Gasteiger partial charge in [0.25, 0.3) is 0 Å². The Morgan fingerprint density at radius 1 is 1.33 bits per heavy atom. The molecule has 21 heavy (non-hydrogen) atoms. The fourth-order valence-electron chi connectivity index (χ4n) is 2.56. The van der Waals surface area contributed by atoms with Crippen molar-refractivity contribution in [2.45, 2.75) is 12.6 Å². The van der Waals surface area contributed by atoms with Crippen molar-refractivity contribution in [1.29, 1.82) is 0 Å². The van der Waals surface area contributed by atoms with Crippen molar-refractivity contribution in [3.63, 3.8) is 0 Å². The second-order valence-corrected chi connectivity index (χ2v) is 5.03. The topological polar surface area (TPSA) is 80.4 Å². The number of hydrogen-bond acceptors (Lipinski definition) is 2. The number of halogens is 1. The third-order valence-corrected chi connectivity index (χ3v) is 3.61. The van der Waals surface area contributed by atoms with Gasteiger partial charge in [-0.1, -0.05) is 18.2 Å². The molecule has 3 N–H and O–H groups in total. The fourth-order valence-corrected chi connectivity index (χ4v) is 2.56. The molecule has 1 aliphatic rings. The zero-order valence-electron chi connectivity index (χ0n) is 11.3. The normalized spacial score (nSPS) is 18.1. The molecule has 0 bridgehead atoms. The minimum absolute atomic E-state index is 0.0975. The van der Waals surface area contributed by atoms with Gasteiger partial charge < -0.3 is 16.0 Å². The smallest absolute Gasteiger partial charge is 0.323 e. The minimum atomic E-state index is -0.970. The molecular formula is C14H15FN4O2. The van der Waals surface area contributed by atoms with Crippen LogP contribution < -0.4 is 11.1 Å². The van der Waals surface area contributed by atoms with E-state index in [1.54, 1.807) is 24.3 Å². The number of likely N-dealkylation sites (tertiary alicyclic amines) is 1. The van der Waals surface area contributed by atoms with E-state index in [4.69, 9.17) is 5.73 Å². The van der Waals surface area contributed by atoms with Crippen LogP contribution >= 0.6 is 0 Å². The average Bonchev–Trinajstić information content (AvgIpc) is 3.04. The number of benzene rings is 1. The molecule has 1 fully saturated rings. The Morgan fingerprint density at radius 3 is 2.76 bits per heavy atom. The van der Waals surface area contributed by atoms with E-state index >= 15 is 0 Å². The quantitative estimate of drug-likeness (QED) is 0.843. The van der Waals surface area contributed by atoms with E-state index in [1.165, 1.54) is 15.7 Å². The molecular weight excluding hydrogens is 275 g/mol. The Labute approximate surface area is 120 Å². The molecule has 110 valence electrons. The number of primary amides is 1. The van der Waals surface area contributed by atoms with E-state index in [1.807, 2.05) is 0 Å². The van der Waals surface area contributed by atoms with Gasteiger partial charge in [-0.25, -0.2) is 14.0 Å². The van der Waals surface area contributed by atoms with Gasteiger partial charge in [0.15, 0.2) is 0 Å². The van der Waals surface area contributed by atoms with Crippen LogP contribution in [0.25, 0.3) is 10.9 Å². The number of urea groups is 1. The fraction of sp³-hybridized carbons (Fsp3) is 0.286. The summed E-state index contributed by atoms with van der Waals surface area (Å²) in [5, 5.41) is 3.42. The number of alkyl halides is 1. The van der Waals surface area contributed by atoms with Gasteiger partial charge in [-0.15, -0.1) is 0 Å². The summed E-state index contributed by atoms with van der Waals surface area (Å²) in [5.74, 6) is 0. The Hall–Kier alpha value is -2.57. The maximum absolute atomic E-state index is 13.1. The molecule has 2 aromatic rings. The molecule has 3 rings (SSSR count). The van der Waals surface area contributed by atoms with Gasteiger partial charge in [0.2, 0.25) is 0 Å². The summed E-state index contributed by atoms with van der Waals surface area (Å²) in [7, 11) is 0. The first-order chi connectivity index (χ1) is 10.1. The summed E-state index contributed by atoms with van der Waals surface area (Å²) in [6.45, 7) is 0.488. The number of fused-ring (bicyclic) bond motifs is 1. The van der Waals surface area contributed by atoms with Crippen LogP contribution in [-0.4, -0.2) is 40.8 Å². The Bertz CT molecular complexity index is 712. The average molecular weight is 290 g/mol. The van der Waals surface area contributed by atoms with Crippen LogP contribution in [0.15, 0.2) is 30.5 Å². The van der Waals surface area contributed by atoms with Gasteiger partial charge in [-0.3, -0.25) is 4.57 Å². The van der Waals surface area contributed by atoms with E-state index < -0.39 is 12.2 Å². The molecule has 2 heterocycles. The highest BCUT2D eigenvalue weighted by molar-refractivity contribution is 6.04. The first-order valence-corrected chi connectivity index (χ1v) is 6.66. The van der Waals surface area contributed by atoms with Gasteiger partial charge >= 0.3 is 12.1 Å². The molecule has 3 amide bonds. The van der Waals surface area contributed by atoms with Crippen molar-refractivity contribution >= 4 is 28.7 Å². The van der Waals surface area contributed by atoms with E-state index in [-0.39, 0.29) is 12.6 Å². The van der Waals surface area contributed by atoms with Crippen LogP contribution in [0, 0.1) is 0 Å². The second-order valence-electron chi connectivity index (χ2n) is 5.03. The monoisotopic (exact) mass is 290 g/mol. The molecule has 7 heteroatoms. The van der Waals surface area contributed by atoms with E-state index in [9.17, 15) is 14.0 Å². The van der Waals surface area contributed by atoms with Crippen molar-refractivity contribution in [1.82, 2.24) is 9.47 Å². The van der Waals surface area contributed by atoms with Crippen molar-refractivity contribution in [3.8, 4) is 0 Å². The van der Waals surface area contributed by atoms with Gasteiger partial charge in [-0.05, 0) is 12.5 Å². The predicted molar refractivity (Wildman–Crippen MR) is 77.0 cm³/mol. The first kappa shape index (κ1) is 13.4. The number of nitrogens with two attached hydrogens (primary N) is 1. The lowest BCUT2D eigenvalue weighted by Gasteiger charge is -2.15. The molecule has 0 aliphatic carbocycles. The van der Waals surface area contributed by atoms with Crippen molar-refractivity contribution in [3.05, 3.63) is 30.5 Å². The molecule has 0 radical (unpaired) electrons. The van der Waals surface area contributed by atoms with Crippen LogP contribution in [0.2, 0.25) is 0 Å². The zero-order chi connectivity index (χ0) is 15.0. The number of carbonyl (C=O) groups is 2. The number of aromatic nitrogens is 1. The lowest BCUT2D eigenvalue weighted by atomic mass is 10.2. The molecule has 1 atom stereocenters. The molecule has 1 aliphatic heterocycles. The lowest BCUT2D eigenvalue weighted by molar-refractivity contribution is 0.218. The van der Waals surface area contributed by atoms with Crippen molar-refractivity contribution < 1.29 is 14.0 Å². The highest BCUT2D eigenvalue weighted by Crippen LogP contribution is 2.26. The Morgan fingerprint density at radius 2 is 2.10 bits per heavy atom. The number of carbonyl (C=O) groups excluding carboxylic acids is 2. The lowest BCUT2D eigenvalue weighted by Crippen LogP contribution is -2.33. The maximum Gasteiger partial charge on any atom is 0.323 e. The highest BCUT2D eigenvalue weighted by Gasteiger charge is 2.26. The third-order valence-electron chi connectivity index (χ3n) is 3.61. The van der Waals surface area contributed by atoms with Crippen LogP contribution in [-0.2, 0) is 0 Å². The summed E-state index contributed by atoms with van der Waals surface area (Å²) >= 11 is 0. The number of nitrogens with one attached hydrogen (secondary N) is 1. The molecule has 1 unspecified atom stereocenters. The summed E-state index contributed by atoms with van der Waals surface area (Å²) in [4.78, 5) is 24.9. The Kier molecular flexibility index (Phi) is 3.25. The summed E-state index contributed by atoms with van der Waals surface area (Å²) in [5.41, 5.74) is 6.41. The molecule has 0 spiro atoms. The number of nitrogens with zero attached hydrogens (tertiary/aromatic N) is 2. The summed E-state index contributed by atoms with van der Waals surface area (Å²) < 4.78 is 14.4. The number of rotatable bonds is 1. The standard InChI is InChI=1S/C14H15FN4O2/c15-9-5-6-18(7-9)14(21)17-11-8-19(13(16)20)12-4-2-1-3-10(11)12/h1-4,8-9H,5-7H2,(H2,16,20)(H,17,21). The number of amides is 3. The predicted octanol–water partition coefficient (Wildman–Crippen LogP) is 2.14. The summed E-state index contributed by atoms with van der Waals surface area (Å²) in [6.07, 6.45) is 0.868. The van der Waals surface area contributed by atoms with Crippen LogP contribution in [0.1, 0.15) is 6.42 Å². The first-order valence-electron chi connectivity index (χ1n) is 6.66. The van der Waals surface area contributed by atoms with E-state index in [2.05, 4.69) is 5.32 Å². The van der Waals surface area contributed by atoms with E-state index in [0.717, 1.165) is 0 Å². The SMILES string of the molecule is NC(=O)n1cc(NC(=O)N2CCC(F)C2)c2ccccc21. The van der Waals surface area contributed by atoms with Gasteiger partial charge in [0.05, 0.1) is 17.7 Å². The molecule has 6 nitrogen and oxygen atoms in total. The molecule has 1 aromatic heterocycles. The summed E-state index contributed by atoms with van der Waals surface area (Å²) in [6, 6.07) is 6.10. The van der Waals surface area contributed by atoms with Crippen LogP contribution in [0.5, 0.6) is 0 Å². The second kappa shape index (κ2) is 5.08. The Balaban J connectivity index is 1.90. The van der Waals surface area contributed by atoms with E-state index in [0.29, 0.717) is 29.6 Å². The maximum atomic E-state index is 13.1. The molecule has 1 saturated heterocycles. The zero-order valence-corrected chi connectivity index (χ0v) is 11.3.